The predicted molar refractivity (Wildman–Crippen MR) is 85.2 cm³/mol. The summed E-state index contributed by atoms with van der Waals surface area (Å²) >= 11 is 0. The number of likely N-dealkylation sites (tertiary alicyclic amines) is 1. The zero-order valence-corrected chi connectivity index (χ0v) is 13.1. The van der Waals surface area contributed by atoms with Gasteiger partial charge in [-0.15, -0.1) is 0 Å². The summed E-state index contributed by atoms with van der Waals surface area (Å²) < 4.78 is 5.72. The molecule has 0 radical (unpaired) electrons. The molecule has 0 amide bonds. The first kappa shape index (κ1) is 15.4. The van der Waals surface area contributed by atoms with Crippen molar-refractivity contribution < 1.29 is 4.74 Å². The Hall–Kier alpha value is -1.02. The molecular weight excluding hydrogens is 246 g/mol. The van der Waals surface area contributed by atoms with Crippen LogP contribution in [0.5, 0.6) is 5.75 Å². The molecule has 20 heavy (non-hydrogen) atoms. The maximum atomic E-state index is 5.72. The molecule has 0 saturated carbocycles. The minimum atomic E-state index is 0.782. The van der Waals surface area contributed by atoms with Crippen molar-refractivity contribution in [2.24, 2.45) is 0 Å². The molecule has 1 aromatic rings. The monoisotopic (exact) mass is 275 g/mol. The number of hydrogen-bond acceptors (Lipinski definition) is 2. The van der Waals surface area contributed by atoms with Crippen LogP contribution in [-0.4, -0.2) is 24.1 Å². The summed E-state index contributed by atoms with van der Waals surface area (Å²) in [5, 5.41) is 0. The van der Waals surface area contributed by atoms with E-state index in [1.165, 1.54) is 44.2 Å². The van der Waals surface area contributed by atoms with Crippen LogP contribution in [0.3, 0.4) is 0 Å². The first-order valence-electron chi connectivity index (χ1n) is 8.29. The Balaban J connectivity index is 1.86. The molecule has 1 aromatic carbocycles. The normalized spacial score (nSPS) is 20.0. The molecule has 2 rings (SSSR count). The average molecular weight is 275 g/mol. The van der Waals surface area contributed by atoms with Gasteiger partial charge < -0.3 is 4.74 Å². The maximum Gasteiger partial charge on any atom is 0.119 e. The Kier molecular flexibility index (Phi) is 6.38. The van der Waals surface area contributed by atoms with Crippen LogP contribution >= 0.6 is 0 Å². The highest BCUT2D eigenvalue weighted by Gasteiger charge is 2.20. The summed E-state index contributed by atoms with van der Waals surface area (Å²) in [7, 11) is 0. The van der Waals surface area contributed by atoms with E-state index in [4.69, 9.17) is 4.74 Å². The zero-order chi connectivity index (χ0) is 14.2. The Bertz CT molecular complexity index is 374. The largest absolute Gasteiger partial charge is 0.494 e. The van der Waals surface area contributed by atoms with E-state index in [-0.39, 0.29) is 0 Å². The third-order valence-electron chi connectivity index (χ3n) is 4.30. The van der Waals surface area contributed by atoms with Crippen LogP contribution in [0.15, 0.2) is 24.3 Å². The SMILES string of the molecule is CCCCOc1ccc(CN2CCCCC2CC)cc1. The fourth-order valence-electron chi connectivity index (χ4n) is 2.99. The maximum absolute atomic E-state index is 5.72. The van der Waals surface area contributed by atoms with E-state index < -0.39 is 0 Å². The fourth-order valence-corrected chi connectivity index (χ4v) is 2.99. The van der Waals surface area contributed by atoms with Crippen molar-refractivity contribution >= 4 is 0 Å². The number of piperidine rings is 1. The molecule has 0 spiro atoms. The molecule has 112 valence electrons. The topological polar surface area (TPSA) is 12.5 Å². The smallest absolute Gasteiger partial charge is 0.119 e. The molecule has 0 bridgehead atoms. The molecule has 1 heterocycles. The second-order valence-corrected chi connectivity index (χ2v) is 5.87. The van der Waals surface area contributed by atoms with Crippen molar-refractivity contribution in [3.8, 4) is 5.75 Å². The molecule has 0 N–H and O–H groups in total. The lowest BCUT2D eigenvalue weighted by molar-refractivity contribution is 0.136. The first-order chi connectivity index (χ1) is 9.83. The lowest BCUT2D eigenvalue weighted by Gasteiger charge is -2.35. The molecule has 0 aliphatic carbocycles. The van der Waals surface area contributed by atoms with Gasteiger partial charge in [0.25, 0.3) is 0 Å². The minimum Gasteiger partial charge on any atom is -0.494 e. The zero-order valence-electron chi connectivity index (χ0n) is 13.1. The Morgan fingerprint density at radius 2 is 1.95 bits per heavy atom. The van der Waals surface area contributed by atoms with Crippen molar-refractivity contribution in [3.63, 3.8) is 0 Å². The van der Waals surface area contributed by atoms with E-state index in [1.54, 1.807) is 0 Å². The fraction of sp³-hybridized carbons (Fsp3) is 0.667. The second-order valence-electron chi connectivity index (χ2n) is 5.87. The van der Waals surface area contributed by atoms with Crippen LogP contribution in [0, 0.1) is 0 Å². The van der Waals surface area contributed by atoms with Crippen molar-refractivity contribution in [2.75, 3.05) is 13.2 Å². The van der Waals surface area contributed by atoms with Gasteiger partial charge in [0, 0.05) is 12.6 Å². The van der Waals surface area contributed by atoms with E-state index in [9.17, 15) is 0 Å². The molecule has 1 aliphatic rings. The van der Waals surface area contributed by atoms with Gasteiger partial charge in [0.05, 0.1) is 6.61 Å². The van der Waals surface area contributed by atoms with Crippen molar-refractivity contribution in [3.05, 3.63) is 29.8 Å². The van der Waals surface area contributed by atoms with Crippen LogP contribution < -0.4 is 4.74 Å². The summed E-state index contributed by atoms with van der Waals surface area (Å²) in [6.45, 7) is 7.68. The lowest BCUT2D eigenvalue weighted by Crippen LogP contribution is -2.38. The highest BCUT2D eigenvalue weighted by molar-refractivity contribution is 5.27. The highest BCUT2D eigenvalue weighted by Crippen LogP contribution is 2.22. The average Bonchev–Trinajstić information content (AvgIpc) is 2.50. The van der Waals surface area contributed by atoms with E-state index in [0.717, 1.165) is 31.4 Å². The molecule has 1 saturated heterocycles. The molecule has 2 nitrogen and oxygen atoms in total. The van der Waals surface area contributed by atoms with Crippen LogP contribution in [0.1, 0.15) is 57.9 Å². The van der Waals surface area contributed by atoms with E-state index >= 15 is 0 Å². The quantitative estimate of drug-likeness (QED) is 0.673. The number of benzene rings is 1. The number of hydrogen-bond donors (Lipinski definition) is 0. The summed E-state index contributed by atoms with van der Waals surface area (Å²) in [5.74, 6) is 1.01. The molecular formula is C18H29NO. The molecule has 1 unspecified atom stereocenters. The molecule has 0 aromatic heterocycles. The summed E-state index contributed by atoms with van der Waals surface area (Å²) in [4.78, 5) is 2.65. The molecule has 1 atom stereocenters. The summed E-state index contributed by atoms with van der Waals surface area (Å²) in [6, 6.07) is 9.47. The van der Waals surface area contributed by atoms with Gasteiger partial charge in [-0.1, -0.05) is 38.8 Å². The van der Waals surface area contributed by atoms with Crippen molar-refractivity contribution in [1.29, 1.82) is 0 Å². The Morgan fingerprint density at radius 1 is 1.15 bits per heavy atom. The number of nitrogens with zero attached hydrogens (tertiary/aromatic N) is 1. The van der Waals surface area contributed by atoms with E-state index in [2.05, 4.69) is 43.0 Å². The standard InChI is InChI=1S/C18H29NO/c1-3-5-14-20-18-11-9-16(10-12-18)15-19-13-7-6-8-17(19)4-2/h9-12,17H,3-8,13-15H2,1-2H3. The summed E-state index contributed by atoms with van der Waals surface area (Å²) in [5.41, 5.74) is 1.41. The summed E-state index contributed by atoms with van der Waals surface area (Å²) in [6.07, 6.45) is 7.72. The minimum absolute atomic E-state index is 0.782. The third-order valence-corrected chi connectivity index (χ3v) is 4.30. The Morgan fingerprint density at radius 3 is 2.65 bits per heavy atom. The second kappa shape index (κ2) is 8.31. The van der Waals surface area contributed by atoms with Crippen LogP contribution in [-0.2, 0) is 6.54 Å². The number of unbranched alkanes of at least 4 members (excludes halogenated alkanes) is 1. The van der Waals surface area contributed by atoms with Gasteiger partial charge in [-0.05, 0) is 49.9 Å². The van der Waals surface area contributed by atoms with E-state index in [1.807, 2.05) is 0 Å². The predicted octanol–water partition coefficient (Wildman–Crippen LogP) is 4.63. The van der Waals surface area contributed by atoms with Gasteiger partial charge in [0.15, 0.2) is 0 Å². The van der Waals surface area contributed by atoms with Crippen molar-refractivity contribution in [2.45, 2.75) is 65.0 Å². The van der Waals surface area contributed by atoms with Crippen LogP contribution in [0.2, 0.25) is 0 Å². The lowest BCUT2D eigenvalue weighted by atomic mass is 9.99. The number of ether oxygens (including phenoxy) is 1. The van der Waals surface area contributed by atoms with E-state index in [0.29, 0.717) is 0 Å². The molecule has 1 aliphatic heterocycles. The molecule has 1 fully saturated rings. The van der Waals surface area contributed by atoms with Gasteiger partial charge in [-0.3, -0.25) is 4.90 Å². The van der Waals surface area contributed by atoms with Gasteiger partial charge in [0.1, 0.15) is 5.75 Å². The Labute approximate surface area is 124 Å². The first-order valence-corrected chi connectivity index (χ1v) is 8.29. The highest BCUT2D eigenvalue weighted by atomic mass is 16.5. The molecule has 2 heteroatoms. The van der Waals surface area contributed by atoms with Gasteiger partial charge >= 0.3 is 0 Å². The van der Waals surface area contributed by atoms with Gasteiger partial charge in [-0.25, -0.2) is 0 Å². The van der Waals surface area contributed by atoms with Crippen LogP contribution in [0.4, 0.5) is 0 Å². The van der Waals surface area contributed by atoms with Crippen LogP contribution in [0.25, 0.3) is 0 Å². The third kappa shape index (κ3) is 4.52. The van der Waals surface area contributed by atoms with Gasteiger partial charge in [-0.2, -0.15) is 0 Å². The van der Waals surface area contributed by atoms with Crippen molar-refractivity contribution in [1.82, 2.24) is 4.90 Å². The number of rotatable bonds is 7. The van der Waals surface area contributed by atoms with Gasteiger partial charge in [0.2, 0.25) is 0 Å².